The van der Waals surface area contributed by atoms with Crippen molar-refractivity contribution in [3.05, 3.63) is 66.1 Å². The first kappa shape index (κ1) is 24.0. The van der Waals surface area contributed by atoms with E-state index in [0.717, 1.165) is 16.9 Å². The van der Waals surface area contributed by atoms with Crippen molar-refractivity contribution in [2.45, 2.75) is 19.8 Å². The summed E-state index contributed by atoms with van der Waals surface area (Å²) in [6.07, 6.45) is 2.39. The Hall–Kier alpha value is -4.14. The van der Waals surface area contributed by atoms with Crippen LogP contribution in [0.25, 0.3) is 0 Å². The average molecular weight is 476 g/mol. The molecule has 3 aromatic rings. The van der Waals surface area contributed by atoms with Crippen LogP contribution in [0.2, 0.25) is 0 Å². The monoisotopic (exact) mass is 475 g/mol. The summed E-state index contributed by atoms with van der Waals surface area (Å²) in [7, 11) is 3.19. The molecular formula is C26H29N5O4. The van der Waals surface area contributed by atoms with E-state index >= 15 is 0 Å². The van der Waals surface area contributed by atoms with Gasteiger partial charge in [0.15, 0.2) is 11.5 Å². The highest BCUT2D eigenvalue weighted by atomic mass is 16.5. The number of carbonyl (C=O) groups is 2. The molecule has 4 rings (SSSR count). The van der Waals surface area contributed by atoms with Gasteiger partial charge in [-0.15, -0.1) is 0 Å². The van der Waals surface area contributed by atoms with Gasteiger partial charge in [-0.2, -0.15) is 0 Å². The van der Waals surface area contributed by atoms with Crippen molar-refractivity contribution in [1.29, 1.82) is 0 Å². The smallest absolute Gasteiger partial charge is 0.229 e. The summed E-state index contributed by atoms with van der Waals surface area (Å²) in [6, 6.07) is 14.9. The Morgan fingerprint density at radius 3 is 2.49 bits per heavy atom. The van der Waals surface area contributed by atoms with Gasteiger partial charge in [0.2, 0.25) is 11.8 Å². The lowest BCUT2D eigenvalue weighted by molar-refractivity contribution is -0.128. The highest BCUT2D eigenvalue weighted by Gasteiger charge is 2.34. The number of aryl methyl sites for hydroxylation is 1. The molecule has 182 valence electrons. The lowest BCUT2D eigenvalue weighted by Crippen LogP contribution is -2.30. The van der Waals surface area contributed by atoms with Crippen LogP contribution in [-0.2, 0) is 16.0 Å². The normalized spacial score (nSPS) is 15.1. The maximum absolute atomic E-state index is 12.8. The van der Waals surface area contributed by atoms with Crippen LogP contribution in [0, 0.1) is 12.8 Å². The van der Waals surface area contributed by atoms with Crippen molar-refractivity contribution in [2.75, 3.05) is 37.9 Å². The Labute approximate surface area is 204 Å². The molecule has 35 heavy (non-hydrogen) atoms. The van der Waals surface area contributed by atoms with Crippen molar-refractivity contribution in [2.24, 2.45) is 5.92 Å². The van der Waals surface area contributed by atoms with E-state index in [9.17, 15) is 9.59 Å². The number of rotatable bonds is 9. The minimum absolute atomic E-state index is 0.00896. The van der Waals surface area contributed by atoms with Gasteiger partial charge in [0.1, 0.15) is 12.1 Å². The zero-order chi connectivity index (χ0) is 24.8. The second-order valence-corrected chi connectivity index (χ2v) is 8.42. The molecule has 1 fully saturated rings. The number of benzene rings is 2. The van der Waals surface area contributed by atoms with Gasteiger partial charge >= 0.3 is 0 Å². The summed E-state index contributed by atoms with van der Waals surface area (Å²) < 4.78 is 10.6. The molecular weight excluding hydrogens is 446 g/mol. The molecule has 1 aliphatic heterocycles. The summed E-state index contributed by atoms with van der Waals surface area (Å²) in [4.78, 5) is 35.3. The maximum Gasteiger partial charge on any atom is 0.229 e. The largest absolute Gasteiger partial charge is 0.493 e. The molecule has 0 spiro atoms. The first-order valence-corrected chi connectivity index (χ1v) is 11.4. The van der Waals surface area contributed by atoms with Crippen LogP contribution in [0.1, 0.15) is 17.7 Å². The number of hydrogen-bond acceptors (Lipinski definition) is 7. The zero-order valence-electron chi connectivity index (χ0n) is 20.1. The number of carbonyl (C=O) groups excluding carboxylic acids is 2. The van der Waals surface area contributed by atoms with Crippen LogP contribution >= 0.6 is 0 Å². The van der Waals surface area contributed by atoms with Gasteiger partial charge in [-0.1, -0.05) is 6.07 Å². The quantitative estimate of drug-likeness (QED) is 0.487. The summed E-state index contributed by atoms with van der Waals surface area (Å²) in [6.45, 7) is 2.85. The number of likely N-dealkylation sites (tertiary alicyclic amines) is 1. The fourth-order valence-corrected chi connectivity index (χ4v) is 4.02. The molecule has 1 aromatic heterocycles. The molecule has 9 heteroatoms. The molecule has 0 radical (unpaired) electrons. The van der Waals surface area contributed by atoms with E-state index in [2.05, 4.69) is 20.6 Å². The maximum atomic E-state index is 12.8. The number of methoxy groups -OCH3 is 2. The van der Waals surface area contributed by atoms with Crippen LogP contribution in [0.15, 0.2) is 54.9 Å². The number of amides is 2. The molecule has 1 saturated heterocycles. The number of hydrogen-bond donors (Lipinski definition) is 2. The number of ether oxygens (including phenoxy) is 2. The van der Waals surface area contributed by atoms with Gasteiger partial charge in [-0.05, 0) is 55.3 Å². The van der Waals surface area contributed by atoms with Crippen LogP contribution in [-0.4, -0.2) is 54.0 Å². The lowest BCUT2D eigenvalue weighted by atomic mass is 10.1. The second-order valence-electron chi connectivity index (χ2n) is 8.42. The second kappa shape index (κ2) is 10.9. The molecule has 1 aliphatic rings. The fraction of sp³-hybridized carbons (Fsp3) is 0.308. The van der Waals surface area contributed by atoms with Crippen molar-refractivity contribution in [1.82, 2.24) is 14.9 Å². The molecule has 1 atom stereocenters. The Bertz CT molecular complexity index is 1200. The molecule has 1 unspecified atom stereocenters. The van der Waals surface area contributed by atoms with E-state index in [1.165, 1.54) is 6.33 Å². The number of anilines is 3. The van der Waals surface area contributed by atoms with E-state index < -0.39 is 0 Å². The molecule has 0 bridgehead atoms. The SMILES string of the molecule is COc1ccc(CCN2CC(C(=O)Nc3ccc(Nc4cc(C)ncn4)cc3)CC2=O)cc1OC. The Morgan fingerprint density at radius 2 is 1.77 bits per heavy atom. The Kier molecular flexibility index (Phi) is 7.45. The zero-order valence-corrected chi connectivity index (χ0v) is 20.1. The molecule has 0 aliphatic carbocycles. The van der Waals surface area contributed by atoms with Crippen LogP contribution in [0.3, 0.4) is 0 Å². The highest BCUT2D eigenvalue weighted by molar-refractivity contribution is 5.97. The van der Waals surface area contributed by atoms with Crippen LogP contribution in [0.4, 0.5) is 17.2 Å². The first-order chi connectivity index (χ1) is 16.9. The predicted octanol–water partition coefficient (Wildman–Crippen LogP) is 3.58. The van der Waals surface area contributed by atoms with Crippen molar-refractivity contribution in [3.63, 3.8) is 0 Å². The van der Waals surface area contributed by atoms with Crippen molar-refractivity contribution >= 4 is 29.0 Å². The number of aromatic nitrogens is 2. The van der Waals surface area contributed by atoms with E-state index in [-0.39, 0.29) is 24.2 Å². The van der Waals surface area contributed by atoms with E-state index in [0.29, 0.717) is 42.5 Å². The van der Waals surface area contributed by atoms with E-state index in [1.807, 2.05) is 55.5 Å². The fourth-order valence-electron chi connectivity index (χ4n) is 4.02. The van der Waals surface area contributed by atoms with Gasteiger partial charge in [0.05, 0.1) is 20.1 Å². The summed E-state index contributed by atoms with van der Waals surface area (Å²) >= 11 is 0. The van der Waals surface area contributed by atoms with Gasteiger partial charge < -0.3 is 25.0 Å². The van der Waals surface area contributed by atoms with Gasteiger partial charge in [0.25, 0.3) is 0 Å². The Balaban J connectivity index is 1.29. The van der Waals surface area contributed by atoms with Gasteiger partial charge in [-0.3, -0.25) is 9.59 Å². The van der Waals surface area contributed by atoms with Crippen LogP contribution < -0.4 is 20.1 Å². The van der Waals surface area contributed by atoms with Gasteiger partial charge in [0, 0.05) is 42.6 Å². The summed E-state index contributed by atoms with van der Waals surface area (Å²) in [5, 5.41) is 6.13. The molecule has 2 aromatic carbocycles. The van der Waals surface area contributed by atoms with Crippen molar-refractivity contribution in [3.8, 4) is 11.5 Å². The third-order valence-corrected chi connectivity index (χ3v) is 5.93. The number of nitrogens with zero attached hydrogens (tertiary/aromatic N) is 3. The predicted molar refractivity (Wildman–Crippen MR) is 133 cm³/mol. The lowest BCUT2D eigenvalue weighted by Gasteiger charge is -2.17. The molecule has 2 amide bonds. The number of nitrogens with one attached hydrogen (secondary N) is 2. The third-order valence-electron chi connectivity index (χ3n) is 5.93. The van der Waals surface area contributed by atoms with Crippen molar-refractivity contribution < 1.29 is 19.1 Å². The molecule has 2 N–H and O–H groups in total. The Morgan fingerprint density at radius 1 is 1.03 bits per heavy atom. The van der Waals surface area contributed by atoms with Gasteiger partial charge in [-0.25, -0.2) is 9.97 Å². The molecule has 2 heterocycles. The standard InChI is InChI=1S/C26H29N5O4/c1-17-12-24(28-16-27-17)29-20-5-7-21(8-6-20)30-26(33)19-14-25(32)31(15-19)11-10-18-4-9-22(34-2)23(13-18)35-3/h4-9,12-13,16,19H,10-11,14-15H2,1-3H3,(H,30,33)(H,27,28,29). The topological polar surface area (TPSA) is 106 Å². The first-order valence-electron chi connectivity index (χ1n) is 11.4. The highest BCUT2D eigenvalue weighted by Crippen LogP contribution is 2.28. The summed E-state index contributed by atoms with van der Waals surface area (Å²) in [5.74, 6) is 1.48. The summed E-state index contributed by atoms with van der Waals surface area (Å²) in [5.41, 5.74) is 3.43. The third kappa shape index (κ3) is 6.06. The van der Waals surface area contributed by atoms with E-state index in [1.54, 1.807) is 19.1 Å². The molecule has 9 nitrogen and oxygen atoms in total. The minimum atomic E-state index is -0.380. The van der Waals surface area contributed by atoms with E-state index in [4.69, 9.17) is 9.47 Å². The molecule has 0 saturated carbocycles. The van der Waals surface area contributed by atoms with Crippen LogP contribution in [0.5, 0.6) is 11.5 Å². The minimum Gasteiger partial charge on any atom is -0.493 e. The average Bonchev–Trinajstić information content (AvgIpc) is 3.24.